The number of hydrogen-bond donors (Lipinski definition) is 1. The van der Waals surface area contributed by atoms with Crippen LogP contribution in [0.2, 0.25) is 5.02 Å². The number of rotatable bonds is 4. The third-order valence-electron chi connectivity index (χ3n) is 2.98. The molecule has 0 saturated heterocycles. The van der Waals surface area contributed by atoms with Gasteiger partial charge in [0.1, 0.15) is 11.6 Å². The van der Waals surface area contributed by atoms with Crippen molar-refractivity contribution in [1.29, 1.82) is 0 Å². The highest BCUT2D eigenvalue weighted by Crippen LogP contribution is 2.22. The van der Waals surface area contributed by atoms with Gasteiger partial charge in [-0.05, 0) is 36.8 Å². The Labute approximate surface area is 116 Å². The molecule has 0 aliphatic rings. The first-order chi connectivity index (χ1) is 9.08. The first-order valence-electron chi connectivity index (χ1n) is 5.99. The highest BCUT2D eigenvalue weighted by Gasteiger charge is 2.10. The molecule has 0 radical (unpaired) electrons. The van der Waals surface area contributed by atoms with Gasteiger partial charge in [-0.25, -0.2) is 8.78 Å². The Kier molecular flexibility index (Phi) is 4.51. The van der Waals surface area contributed by atoms with Crippen molar-refractivity contribution in [3.05, 3.63) is 70.2 Å². The lowest BCUT2D eigenvalue weighted by Gasteiger charge is -2.16. The van der Waals surface area contributed by atoms with Crippen molar-refractivity contribution in [3.8, 4) is 0 Å². The van der Waals surface area contributed by atoms with Gasteiger partial charge in [0.25, 0.3) is 0 Å². The molecule has 2 rings (SSSR count). The van der Waals surface area contributed by atoms with Gasteiger partial charge in [0.2, 0.25) is 0 Å². The van der Waals surface area contributed by atoms with Gasteiger partial charge in [0, 0.05) is 23.2 Å². The number of halogens is 3. The molecule has 0 aliphatic carbocycles. The van der Waals surface area contributed by atoms with Crippen LogP contribution in [0.15, 0.2) is 42.5 Å². The molecular formula is C15H14ClF2N. The first kappa shape index (κ1) is 14.0. The van der Waals surface area contributed by atoms with Gasteiger partial charge >= 0.3 is 0 Å². The molecule has 2 aromatic carbocycles. The monoisotopic (exact) mass is 281 g/mol. The summed E-state index contributed by atoms with van der Waals surface area (Å²) in [6.07, 6.45) is 0. The molecule has 1 atom stereocenters. The summed E-state index contributed by atoms with van der Waals surface area (Å²) in [4.78, 5) is 0. The Hall–Kier alpha value is -1.45. The topological polar surface area (TPSA) is 12.0 Å². The van der Waals surface area contributed by atoms with Gasteiger partial charge in [0.15, 0.2) is 0 Å². The number of nitrogens with one attached hydrogen (secondary N) is 1. The lowest BCUT2D eigenvalue weighted by atomic mass is 10.1. The van der Waals surface area contributed by atoms with Gasteiger partial charge in [-0.1, -0.05) is 29.8 Å². The molecule has 0 aromatic heterocycles. The maximum absolute atomic E-state index is 13.5. The molecule has 100 valence electrons. The van der Waals surface area contributed by atoms with E-state index in [9.17, 15) is 8.78 Å². The van der Waals surface area contributed by atoms with Crippen LogP contribution in [-0.4, -0.2) is 0 Å². The average Bonchev–Trinajstić information content (AvgIpc) is 2.40. The van der Waals surface area contributed by atoms with Crippen molar-refractivity contribution >= 4 is 11.6 Å². The van der Waals surface area contributed by atoms with E-state index in [2.05, 4.69) is 5.32 Å². The minimum absolute atomic E-state index is 0.0450. The summed E-state index contributed by atoms with van der Waals surface area (Å²) >= 11 is 6.08. The van der Waals surface area contributed by atoms with Gasteiger partial charge < -0.3 is 5.32 Å². The van der Waals surface area contributed by atoms with Crippen LogP contribution in [-0.2, 0) is 6.54 Å². The summed E-state index contributed by atoms with van der Waals surface area (Å²) in [5.74, 6) is -0.858. The van der Waals surface area contributed by atoms with Crippen LogP contribution < -0.4 is 5.32 Å². The van der Waals surface area contributed by atoms with E-state index in [1.165, 1.54) is 6.07 Å². The van der Waals surface area contributed by atoms with Crippen molar-refractivity contribution in [3.63, 3.8) is 0 Å². The molecular weight excluding hydrogens is 268 g/mol. The fourth-order valence-corrected chi connectivity index (χ4v) is 2.18. The Balaban J connectivity index is 2.06. The molecule has 0 fully saturated rings. The standard InChI is InChI=1S/C15H14ClF2N/c1-10(13-4-2-3-5-14(13)16)19-9-11-8-12(17)6-7-15(11)18/h2-8,10,19H,9H2,1H3/t10-/m0/s1. The van der Waals surface area contributed by atoms with Gasteiger partial charge in [-0.2, -0.15) is 0 Å². The van der Waals surface area contributed by atoms with Crippen molar-refractivity contribution in [1.82, 2.24) is 5.32 Å². The maximum atomic E-state index is 13.5. The van der Waals surface area contributed by atoms with E-state index in [0.29, 0.717) is 10.6 Å². The van der Waals surface area contributed by atoms with E-state index in [0.717, 1.165) is 17.7 Å². The van der Waals surface area contributed by atoms with Crippen molar-refractivity contribution in [2.45, 2.75) is 19.5 Å². The lowest BCUT2D eigenvalue weighted by molar-refractivity contribution is 0.535. The Bertz CT molecular complexity index is 572. The molecule has 0 saturated carbocycles. The van der Waals surface area contributed by atoms with Gasteiger partial charge in [-0.3, -0.25) is 0 Å². The first-order valence-corrected chi connectivity index (χ1v) is 6.37. The molecule has 19 heavy (non-hydrogen) atoms. The zero-order valence-electron chi connectivity index (χ0n) is 10.5. The van der Waals surface area contributed by atoms with Crippen LogP contribution in [0.5, 0.6) is 0 Å². The normalized spacial score (nSPS) is 12.4. The predicted molar refractivity (Wildman–Crippen MR) is 73.1 cm³/mol. The largest absolute Gasteiger partial charge is 0.306 e. The Morgan fingerprint density at radius 1 is 1.16 bits per heavy atom. The molecule has 0 amide bonds. The van der Waals surface area contributed by atoms with Crippen LogP contribution in [0.25, 0.3) is 0 Å². The SMILES string of the molecule is C[C@H](NCc1cc(F)ccc1F)c1ccccc1Cl. The minimum atomic E-state index is -0.441. The highest BCUT2D eigenvalue weighted by atomic mass is 35.5. The van der Waals surface area contributed by atoms with Crippen molar-refractivity contribution in [2.75, 3.05) is 0 Å². The molecule has 0 aliphatic heterocycles. The summed E-state index contributed by atoms with van der Waals surface area (Å²) in [7, 11) is 0. The molecule has 0 spiro atoms. The molecule has 2 aromatic rings. The van der Waals surface area contributed by atoms with Crippen LogP contribution in [0.1, 0.15) is 24.1 Å². The third kappa shape index (κ3) is 3.52. The second-order valence-electron chi connectivity index (χ2n) is 4.36. The van der Waals surface area contributed by atoms with E-state index in [-0.39, 0.29) is 12.6 Å². The Morgan fingerprint density at radius 3 is 2.63 bits per heavy atom. The summed E-state index contributed by atoms with van der Waals surface area (Å²) < 4.78 is 26.5. The second-order valence-corrected chi connectivity index (χ2v) is 4.77. The van der Waals surface area contributed by atoms with Gasteiger partial charge in [0.05, 0.1) is 0 Å². The van der Waals surface area contributed by atoms with Crippen LogP contribution in [0, 0.1) is 11.6 Å². The molecule has 0 bridgehead atoms. The number of hydrogen-bond acceptors (Lipinski definition) is 1. The zero-order valence-corrected chi connectivity index (χ0v) is 11.2. The van der Waals surface area contributed by atoms with E-state index in [4.69, 9.17) is 11.6 Å². The van der Waals surface area contributed by atoms with Crippen LogP contribution in [0.3, 0.4) is 0 Å². The number of benzene rings is 2. The fourth-order valence-electron chi connectivity index (χ4n) is 1.88. The molecule has 1 nitrogen and oxygen atoms in total. The summed E-state index contributed by atoms with van der Waals surface area (Å²) in [5, 5.41) is 3.79. The Morgan fingerprint density at radius 2 is 1.89 bits per heavy atom. The van der Waals surface area contributed by atoms with Crippen molar-refractivity contribution in [2.24, 2.45) is 0 Å². The van der Waals surface area contributed by atoms with Crippen LogP contribution in [0.4, 0.5) is 8.78 Å². The van der Waals surface area contributed by atoms with E-state index < -0.39 is 11.6 Å². The van der Waals surface area contributed by atoms with Crippen molar-refractivity contribution < 1.29 is 8.78 Å². The fraction of sp³-hybridized carbons (Fsp3) is 0.200. The van der Waals surface area contributed by atoms with E-state index in [1.807, 2.05) is 25.1 Å². The zero-order chi connectivity index (χ0) is 13.8. The van der Waals surface area contributed by atoms with E-state index in [1.54, 1.807) is 6.07 Å². The smallest absolute Gasteiger partial charge is 0.127 e. The summed E-state index contributed by atoms with van der Waals surface area (Å²) in [6.45, 7) is 2.17. The highest BCUT2D eigenvalue weighted by molar-refractivity contribution is 6.31. The second kappa shape index (κ2) is 6.13. The molecule has 1 N–H and O–H groups in total. The van der Waals surface area contributed by atoms with E-state index >= 15 is 0 Å². The van der Waals surface area contributed by atoms with Crippen LogP contribution >= 0.6 is 11.6 Å². The van der Waals surface area contributed by atoms with Gasteiger partial charge in [-0.15, -0.1) is 0 Å². The summed E-state index contributed by atoms with van der Waals surface area (Å²) in [5.41, 5.74) is 1.24. The quantitative estimate of drug-likeness (QED) is 0.872. The molecule has 0 unspecified atom stereocenters. The minimum Gasteiger partial charge on any atom is -0.306 e. The molecule has 4 heteroatoms. The predicted octanol–water partition coefficient (Wildman–Crippen LogP) is 4.47. The summed E-state index contributed by atoms with van der Waals surface area (Å²) in [6, 6.07) is 10.8. The molecule has 0 heterocycles. The third-order valence-corrected chi connectivity index (χ3v) is 3.32. The average molecular weight is 282 g/mol. The lowest BCUT2D eigenvalue weighted by Crippen LogP contribution is -2.19. The maximum Gasteiger partial charge on any atom is 0.127 e.